The van der Waals surface area contributed by atoms with Crippen LogP contribution in [-0.4, -0.2) is 67.7 Å². The van der Waals surface area contributed by atoms with Crippen LogP contribution in [0.1, 0.15) is 13.8 Å². The van der Waals surface area contributed by atoms with Crippen LogP contribution in [0.4, 0.5) is 14.9 Å². The lowest BCUT2D eigenvalue weighted by atomic mass is 10.0. The molecule has 1 heterocycles. The second-order valence-electron chi connectivity index (χ2n) is 9.56. The third-order valence-electron chi connectivity index (χ3n) is 6.69. The summed E-state index contributed by atoms with van der Waals surface area (Å²) in [6.45, 7) is 3.33. The van der Waals surface area contributed by atoms with Crippen LogP contribution in [0.2, 0.25) is 0 Å². The molecule has 8 nitrogen and oxygen atoms in total. The number of rotatable bonds is 6. The first-order chi connectivity index (χ1) is 18.1. The first kappa shape index (κ1) is 27.6. The van der Waals surface area contributed by atoms with Crippen molar-refractivity contribution in [3.05, 3.63) is 78.6 Å². The molecule has 0 fully saturated rings. The van der Waals surface area contributed by atoms with E-state index < -0.39 is 34.0 Å². The maximum absolute atomic E-state index is 14.1. The molecule has 3 aromatic rings. The highest BCUT2D eigenvalue weighted by Gasteiger charge is 2.38. The molecule has 3 atom stereocenters. The highest BCUT2D eigenvalue weighted by molar-refractivity contribution is 7.89. The van der Waals surface area contributed by atoms with Gasteiger partial charge in [0.1, 0.15) is 22.6 Å². The maximum atomic E-state index is 14.1. The van der Waals surface area contributed by atoms with E-state index in [2.05, 4.69) is 5.32 Å². The third kappa shape index (κ3) is 5.82. The number of fused-ring (bicyclic) bond motifs is 1. The molecule has 0 bridgehead atoms. The molecule has 202 valence electrons. The number of ether oxygens (including phenoxy) is 1. The van der Waals surface area contributed by atoms with Crippen LogP contribution in [0.5, 0.6) is 5.75 Å². The van der Waals surface area contributed by atoms with E-state index >= 15 is 0 Å². The molecule has 0 aromatic heterocycles. The number of aliphatic hydroxyl groups excluding tert-OH is 1. The molecule has 1 aliphatic heterocycles. The van der Waals surface area contributed by atoms with Gasteiger partial charge in [-0.05, 0) is 42.3 Å². The van der Waals surface area contributed by atoms with Crippen molar-refractivity contribution >= 4 is 21.7 Å². The van der Waals surface area contributed by atoms with E-state index in [1.807, 2.05) is 37.3 Å². The summed E-state index contributed by atoms with van der Waals surface area (Å²) in [4.78, 5) is 14.2. The number of nitrogens with zero attached hydrogens (tertiary/aromatic N) is 2. The standard InChI is InChI=1S/C28H32FN3O5S/c1-19-16-32(20(2)18-33)38(35,36)27-14-13-22(21-9-5-4-6-10-21)15-25(27)37-26(19)17-31(3)28(34)30-24-12-8-7-11-23(24)29/h4-15,19-20,26,33H,16-18H2,1-3H3,(H,30,34)/t19-,20+,26+/m1/s1. The molecule has 0 saturated heterocycles. The third-order valence-corrected chi connectivity index (χ3v) is 8.71. The summed E-state index contributed by atoms with van der Waals surface area (Å²) in [6, 6.07) is 19.1. The van der Waals surface area contributed by atoms with Crippen molar-refractivity contribution < 1.29 is 27.4 Å². The minimum absolute atomic E-state index is 0.00663. The number of benzene rings is 3. The van der Waals surface area contributed by atoms with Crippen LogP contribution in [-0.2, 0) is 10.0 Å². The summed E-state index contributed by atoms with van der Waals surface area (Å²) in [5.41, 5.74) is 1.73. The maximum Gasteiger partial charge on any atom is 0.321 e. The Morgan fingerprint density at radius 1 is 1.13 bits per heavy atom. The molecule has 10 heteroatoms. The number of urea groups is 1. The first-order valence-corrected chi connectivity index (χ1v) is 13.8. The minimum atomic E-state index is -3.99. The largest absolute Gasteiger partial charge is 0.487 e. The Morgan fingerprint density at radius 2 is 1.82 bits per heavy atom. The molecule has 3 aromatic carbocycles. The van der Waals surface area contributed by atoms with Gasteiger partial charge in [-0.15, -0.1) is 0 Å². The van der Waals surface area contributed by atoms with E-state index in [1.165, 1.54) is 33.5 Å². The quantitative estimate of drug-likeness (QED) is 0.481. The number of sulfonamides is 1. The highest BCUT2D eigenvalue weighted by Crippen LogP contribution is 2.36. The first-order valence-electron chi connectivity index (χ1n) is 12.4. The number of nitrogens with one attached hydrogen (secondary N) is 1. The number of hydrogen-bond acceptors (Lipinski definition) is 5. The second-order valence-corrected chi connectivity index (χ2v) is 11.4. The zero-order valence-corrected chi connectivity index (χ0v) is 22.4. The van der Waals surface area contributed by atoms with Crippen LogP contribution in [0, 0.1) is 11.7 Å². The van der Waals surface area contributed by atoms with Crippen molar-refractivity contribution in [2.24, 2.45) is 5.92 Å². The number of para-hydroxylation sites is 1. The molecular formula is C28H32FN3O5S. The van der Waals surface area contributed by atoms with Gasteiger partial charge >= 0.3 is 6.03 Å². The van der Waals surface area contributed by atoms with Crippen LogP contribution >= 0.6 is 0 Å². The zero-order chi connectivity index (χ0) is 27.4. The Kier molecular flexibility index (Phi) is 8.35. The van der Waals surface area contributed by atoms with Crippen LogP contribution < -0.4 is 10.1 Å². The number of halogens is 1. The molecule has 0 radical (unpaired) electrons. The van der Waals surface area contributed by atoms with Gasteiger partial charge in [0, 0.05) is 25.6 Å². The molecule has 2 N–H and O–H groups in total. The number of anilines is 1. The molecule has 0 spiro atoms. The van der Waals surface area contributed by atoms with E-state index in [4.69, 9.17) is 4.74 Å². The predicted molar refractivity (Wildman–Crippen MR) is 144 cm³/mol. The van der Waals surface area contributed by atoms with Crippen molar-refractivity contribution in [1.29, 1.82) is 0 Å². The number of amides is 2. The van der Waals surface area contributed by atoms with E-state index in [1.54, 1.807) is 32.2 Å². The SMILES string of the molecule is C[C@@H]1CN([C@@H](C)CO)S(=O)(=O)c2ccc(-c3ccccc3)cc2O[C@H]1CN(C)C(=O)Nc1ccccc1F. The minimum Gasteiger partial charge on any atom is -0.487 e. The zero-order valence-electron chi connectivity index (χ0n) is 21.5. The highest BCUT2D eigenvalue weighted by atomic mass is 32.2. The van der Waals surface area contributed by atoms with Gasteiger partial charge in [0.15, 0.2) is 0 Å². The lowest BCUT2D eigenvalue weighted by molar-refractivity contribution is 0.0830. The lowest BCUT2D eigenvalue weighted by Gasteiger charge is -2.37. The second kappa shape index (κ2) is 11.5. The van der Waals surface area contributed by atoms with Gasteiger partial charge < -0.3 is 20.1 Å². The Hall–Kier alpha value is -3.47. The van der Waals surface area contributed by atoms with Gasteiger partial charge in [0.05, 0.1) is 18.8 Å². The summed E-state index contributed by atoms with van der Waals surface area (Å²) in [5.74, 6) is -0.733. The molecule has 1 aliphatic rings. The van der Waals surface area contributed by atoms with Crippen molar-refractivity contribution in [3.8, 4) is 16.9 Å². The van der Waals surface area contributed by atoms with Crippen molar-refractivity contribution in [3.63, 3.8) is 0 Å². The fourth-order valence-electron chi connectivity index (χ4n) is 4.38. The van der Waals surface area contributed by atoms with E-state index in [0.29, 0.717) is 0 Å². The Balaban J connectivity index is 1.69. The summed E-state index contributed by atoms with van der Waals surface area (Å²) in [7, 11) is -2.42. The van der Waals surface area contributed by atoms with Crippen LogP contribution in [0.15, 0.2) is 77.7 Å². The monoisotopic (exact) mass is 541 g/mol. The summed E-state index contributed by atoms with van der Waals surface area (Å²) >= 11 is 0. The summed E-state index contributed by atoms with van der Waals surface area (Å²) in [5, 5.41) is 12.4. The fraction of sp³-hybridized carbons (Fsp3) is 0.321. The molecular weight excluding hydrogens is 509 g/mol. The van der Waals surface area contributed by atoms with Crippen LogP contribution in [0.3, 0.4) is 0 Å². The molecule has 0 saturated carbocycles. The molecule has 38 heavy (non-hydrogen) atoms. The van der Waals surface area contributed by atoms with Crippen molar-refractivity contribution in [1.82, 2.24) is 9.21 Å². The molecule has 2 amide bonds. The average molecular weight is 542 g/mol. The van der Waals surface area contributed by atoms with Gasteiger partial charge in [-0.3, -0.25) is 0 Å². The Labute approximate surface area is 222 Å². The fourth-order valence-corrected chi connectivity index (χ4v) is 6.21. The van der Waals surface area contributed by atoms with Crippen LogP contribution in [0.25, 0.3) is 11.1 Å². The summed E-state index contributed by atoms with van der Waals surface area (Å²) in [6.07, 6.45) is -0.597. The molecule has 0 unspecified atom stereocenters. The van der Waals surface area contributed by atoms with Crippen molar-refractivity contribution in [2.45, 2.75) is 30.9 Å². The number of hydrogen-bond donors (Lipinski definition) is 2. The number of aliphatic hydroxyl groups is 1. The number of carbonyl (C=O) groups excluding carboxylic acids is 1. The number of likely N-dealkylation sites (N-methyl/N-ethyl adjacent to an activating group) is 1. The van der Waals surface area contributed by atoms with Crippen molar-refractivity contribution in [2.75, 3.05) is 32.1 Å². The molecule has 4 rings (SSSR count). The van der Waals surface area contributed by atoms with Gasteiger partial charge in [-0.2, -0.15) is 4.31 Å². The lowest BCUT2D eigenvalue weighted by Crippen LogP contribution is -2.50. The van der Waals surface area contributed by atoms with Gasteiger partial charge in [-0.25, -0.2) is 17.6 Å². The van der Waals surface area contributed by atoms with E-state index in [9.17, 15) is 22.7 Å². The Bertz CT molecular complexity index is 1390. The van der Waals surface area contributed by atoms with E-state index in [0.717, 1.165) is 11.1 Å². The normalized spacial score (nSPS) is 19.8. The smallest absolute Gasteiger partial charge is 0.321 e. The van der Waals surface area contributed by atoms with Gasteiger partial charge in [0.25, 0.3) is 0 Å². The van der Waals surface area contributed by atoms with Gasteiger partial charge in [-0.1, -0.05) is 55.5 Å². The Morgan fingerprint density at radius 3 is 2.50 bits per heavy atom. The number of carbonyl (C=O) groups is 1. The predicted octanol–water partition coefficient (Wildman–Crippen LogP) is 4.43. The van der Waals surface area contributed by atoms with E-state index in [-0.39, 0.29) is 41.9 Å². The topological polar surface area (TPSA) is 99.2 Å². The van der Waals surface area contributed by atoms with Gasteiger partial charge in [0.2, 0.25) is 10.0 Å². The summed E-state index contributed by atoms with van der Waals surface area (Å²) < 4.78 is 49.0. The molecule has 0 aliphatic carbocycles. The average Bonchev–Trinajstić information content (AvgIpc) is 2.91.